The molecule has 0 spiro atoms. The Balaban J connectivity index is 1.40. The quantitative estimate of drug-likeness (QED) is 0.173. The summed E-state index contributed by atoms with van der Waals surface area (Å²) >= 11 is 5.96. The molecule has 1 aliphatic heterocycles. The smallest absolute Gasteiger partial charge is 0.321 e. The second kappa shape index (κ2) is 17.4. The first-order chi connectivity index (χ1) is 24.9. The summed E-state index contributed by atoms with van der Waals surface area (Å²) in [5.74, 6) is -0.408. The van der Waals surface area contributed by atoms with Gasteiger partial charge in [0.05, 0.1) is 41.0 Å². The van der Waals surface area contributed by atoms with Crippen molar-refractivity contribution < 1.29 is 32.6 Å². The lowest BCUT2D eigenvalue weighted by molar-refractivity contribution is -0.0115. The molecule has 0 saturated heterocycles. The fourth-order valence-electron chi connectivity index (χ4n) is 6.17. The number of sulfonamides is 1. The van der Waals surface area contributed by atoms with E-state index in [4.69, 9.17) is 21.1 Å². The van der Waals surface area contributed by atoms with E-state index in [9.17, 15) is 23.1 Å². The van der Waals surface area contributed by atoms with Crippen molar-refractivity contribution in [1.29, 1.82) is 0 Å². The number of urea groups is 1. The SMILES string of the molecule is C[C@@H]1CCCCO[C@@H](CN(C)C(=O)Nc2cccc3ccccc23)[C@@H](C)CN([C@@H](C)CO)C(=O)c2cc(NS(=O)(=O)c3ccc(Cl)cc3)ccc2O1. The predicted octanol–water partition coefficient (Wildman–Crippen LogP) is 7.25. The Kier molecular flexibility index (Phi) is 13.0. The number of halogens is 1. The number of carbonyl (C=O) groups is 2. The summed E-state index contributed by atoms with van der Waals surface area (Å²) in [6.45, 7) is 6.18. The van der Waals surface area contributed by atoms with Crippen LogP contribution in [-0.2, 0) is 14.8 Å². The summed E-state index contributed by atoms with van der Waals surface area (Å²) in [6, 6.07) is 23.1. The topological polar surface area (TPSA) is 138 Å². The van der Waals surface area contributed by atoms with E-state index >= 15 is 0 Å². The molecule has 13 heteroatoms. The lowest BCUT2D eigenvalue weighted by Gasteiger charge is -2.35. The highest BCUT2D eigenvalue weighted by atomic mass is 35.5. The van der Waals surface area contributed by atoms with Crippen molar-refractivity contribution >= 4 is 55.7 Å². The Hall–Kier alpha value is -4.36. The Morgan fingerprint density at radius 2 is 1.77 bits per heavy atom. The number of benzene rings is 4. The first-order valence-electron chi connectivity index (χ1n) is 17.5. The molecular formula is C39H47ClN4O7S. The summed E-state index contributed by atoms with van der Waals surface area (Å²) in [5, 5.41) is 15.7. The van der Waals surface area contributed by atoms with Gasteiger partial charge in [-0.25, -0.2) is 13.2 Å². The van der Waals surface area contributed by atoms with E-state index in [0.717, 1.165) is 23.6 Å². The third kappa shape index (κ3) is 9.74. The number of anilines is 2. The molecule has 1 aliphatic rings. The second-order valence-electron chi connectivity index (χ2n) is 13.4. The molecule has 0 aliphatic carbocycles. The van der Waals surface area contributed by atoms with Crippen LogP contribution in [0.3, 0.4) is 0 Å². The first kappa shape index (κ1) is 38.9. The molecule has 4 aromatic carbocycles. The van der Waals surface area contributed by atoms with Crippen molar-refractivity contribution in [2.75, 3.05) is 43.4 Å². The number of hydrogen-bond donors (Lipinski definition) is 3. The van der Waals surface area contributed by atoms with Gasteiger partial charge in [-0.15, -0.1) is 0 Å². The standard InChI is InChI=1S/C39H47ClN4O7S/c1-26-23-44(27(2)25-45)38(46)34-22-31(42-52(48,49)32-18-15-30(40)16-19-32)17-20-36(34)51-28(3)10-7-8-21-50-37(26)24-43(4)39(47)41-35-14-9-12-29-11-5-6-13-33(29)35/h5-6,9,11-20,22,26-28,37,42,45H,7-8,10,21,23-25H2,1-4H3,(H,41,47)/t26-,27-,28+,37-/m0/s1. The number of ether oxygens (including phenoxy) is 2. The molecule has 0 saturated carbocycles. The molecule has 5 rings (SSSR count). The lowest BCUT2D eigenvalue weighted by Crippen LogP contribution is -2.48. The van der Waals surface area contributed by atoms with Crippen LogP contribution in [0.1, 0.15) is 50.4 Å². The minimum Gasteiger partial charge on any atom is -0.490 e. The molecule has 278 valence electrons. The van der Waals surface area contributed by atoms with Crippen LogP contribution in [0.15, 0.2) is 89.8 Å². The van der Waals surface area contributed by atoms with Crippen LogP contribution in [-0.4, -0.2) is 86.9 Å². The molecule has 11 nitrogen and oxygen atoms in total. The molecule has 0 radical (unpaired) electrons. The number of hydrogen-bond acceptors (Lipinski definition) is 7. The van der Waals surface area contributed by atoms with Gasteiger partial charge in [0.25, 0.3) is 15.9 Å². The highest BCUT2D eigenvalue weighted by Crippen LogP contribution is 2.30. The predicted molar refractivity (Wildman–Crippen MR) is 205 cm³/mol. The first-order valence-corrected chi connectivity index (χ1v) is 19.3. The Bertz CT molecular complexity index is 1950. The van der Waals surface area contributed by atoms with Gasteiger partial charge in [0, 0.05) is 48.8 Å². The molecule has 4 atom stereocenters. The summed E-state index contributed by atoms with van der Waals surface area (Å²) < 4.78 is 41.7. The number of nitrogens with one attached hydrogen (secondary N) is 2. The number of fused-ring (bicyclic) bond motifs is 2. The molecule has 3 N–H and O–H groups in total. The van der Waals surface area contributed by atoms with E-state index < -0.39 is 28.1 Å². The number of aliphatic hydroxyl groups excluding tert-OH is 1. The Labute approximate surface area is 310 Å². The molecule has 1 heterocycles. The largest absolute Gasteiger partial charge is 0.490 e. The van der Waals surface area contributed by atoms with Gasteiger partial charge in [0.1, 0.15) is 5.75 Å². The molecule has 0 unspecified atom stereocenters. The van der Waals surface area contributed by atoms with Crippen molar-refractivity contribution in [3.05, 3.63) is 95.5 Å². The average molecular weight is 751 g/mol. The zero-order chi connectivity index (χ0) is 37.4. The number of rotatable bonds is 8. The fourth-order valence-corrected chi connectivity index (χ4v) is 7.35. The van der Waals surface area contributed by atoms with Crippen LogP contribution < -0.4 is 14.8 Å². The van der Waals surface area contributed by atoms with E-state index in [2.05, 4.69) is 10.0 Å². The molecule has 52 heavy (non-hydrogen) atoms. The van der Waals surface area contributed by atoms with Crippen molar-refractivity contribution in [3.8, 4) is 5.75 Å². The maximum Gasteiger partial charge on any atom is 0.321 e. The number of nitrogens with zero attached hydrogens (tertiary/aromatic N) is 2. The van der Waals surface area contributed by atoms with Crippen molar-refractivity contribution in [1.82, 2.24) is 9.80 Å². The number of carbonyl (C=O) groups excluding carboxylic acids is 2. The third-order valence-electron chi connectivity index (χ3n) is 9.26. The minimum absolute atomic E-state index is 0.0133. The number of likely N-dealkylation sites (N-methyl/N-ethyl adjacent to an activating group) is 1. The zero-order valence-corrected chi connectivity index (χ0v) is 31.5. The van der Waals surface area contributed by atoms with Gasteiger partial charge >= 0.3 is 6.03 Å². The highest BCUT2D eigenvalue weighted by Gasteiger charge is 2.31. The Morgan fingerprint density at radius 1 is 1.04 bits per heavy atom. The minimum atomic E-state index is -4.00. The van der Waals surface area contributed by atoms with Crippen LogP contribution in [0.2, 0.25) is 5.02 Å². The average Bonchev–Trinajstić information content (AvgIpc) is 3.12. The van der Waals surface area contributed by atoms with Crippen molar-refractivity contribution in [2.24, 2.45) is 5.92 Å². The van der Waals surface area contributed by atoms with Gasteiger partial charge < -0.3 is 29.7 Å². The van der Waals surface area contributed by atoms with Crippen LogP contribution >= 0.6 is 11.6 Å². The number of amides is 3. The van der Waals surface area contributed by atoms with Crippen LogP contribution in [0.5, 0.6) is 5.75 Å². The summed E-state index contributed by atoms with van der Waals surface area (Å²) in [5.41, 5.74) is 1.02. The van der Waals surface area contributed by atoms with Crippen molar-refractivity contribution in [3.63, 3.8) is 0 Å². The van der Waals surface area contributed by atoms with Gasteiger partial charge in [-0.3, -0.25) is 9.52 Å². The molecule has 0 bridgehead atoms. The van der Waals surface area contributed by atoms with Gasteiger partial charge in [0.15, 0.2) is 0 Å². The molecular weight excluding hydrogens is 704 g/mol. The van der Waals surface area contributed by atoms with Crippen molar-refractivity contribution in [2.45, 2.75) is 63.2 Å². The monoisotopic (exact) mass is 750 g/mol. The summed E-state index contributed by atoms with van der Waals surface area (Å²) in [7, 11) is -2.29. The van der Waals surface area contributed by atoms with Crippen LogP contribution in [0.25, 0.3) is 10.8 Å². The number of aliphatic hydroxyl groups is 1. The fraction of sp³-hybridized carbons (Fsp3) is 0.385. The molecule has 4 aromatic rings. The van der Waals surface area contributed by atoms with E-state index in [-0.39, 0.29) is 53.9 Å². The van der Waals surface area contributed by atoms with Gasteiger partial charge in [-0.1, -0.05) is 54.9 Å². The lowest BCUT2D eigenvalue weighted by atomic mass is 10.0. The third-order valence-corrected chi connectivity index (χ3v) is 10.9. The maximum atomic E-state index is 14.5. The van der Waals surface area contributed by atoms with E-state index in [1.165, 1.54) is 30.3 Å². The highest BCUT2D eigenvalue weighted by molar-refractivity contribution is 7.92. The molecule has 3 amide bonds. The maximum absolute atomic E-state index is 14.5. The van der Waals surface area contributed by atoms with Crippen LogP contribution in [0, 0.1) is 5.92 Å². The summed E-state index contributed by atoms with van der Waals surface area (Å²) in [6.07, 6.45) is 1.55. The normalized spacial score (nSPS) is 19.5. The van der Waals surface area contributed by atoms with E-state index in [1.54, 1.807) is 35.9 Å². The molecule has 0 aromatic heterocycles. The van der Waals surface area contributed by atoms with E-state index in [0.29, 0.717) is 29.5 Å². The zero-order valence-electron chi connectivity index (χ0n) is 29.9. The van der Waals surface area contributed by atoms with Gasteiger partial charge in [0.2, 0.25) is 0 Å². The second-order valence-corrected chi connectivity index (χ2v) is 15.5. The molecule has 0 fully saturated rings. The van der Waals surface area contributed by atoms with Gasteiger partial charge in [-0.2, -0.15) is 0 Å². The van der Waals surface area contributed by atoms with E-state index in [1.807, 2.05) is 56.3 Å². The van der Waals surface area contributed by atoms with Crippen LogP contribution in [0.4, 0.5) is 16.2 Å². The Morgan fingerprint density at radius 3 is 2.52 bits per heavy atom. The summed E-state index contributed by atoms with van der Waals surface area (Å²) in [4.78, 5) is 31.1. The van der Waals surface area contributed by atoms with Gasteiger partial charge in [-0.05, 0) is 87.0 Å².